The topological polar surface area (TPSA) is 51.0 Å². The lowest BCUT2D eigenvalue weighted by atomic mass is 9.84. The van der Waals surface area contributed by atoms with Crippen LogP contribution in [0.25, 0.3) is 72.7 Å². The molecule has 0 N–H and O–H groups in total. The number of rotatable bonds is 8. The number of allylic oxidation sites excluding steroid dienone is 2. The van der Waals surface area contributed by atoms with Gasteiger partial charge in [-0.3, -0.25) is 0 Å². The van der Waals surface area contributed by atoms with E-state index in [2.05, 4.69) is 148 Å². The number of aryl methyl sites for hydroxylation is 1. The van der Waals surface area contributed by atoms with Gasteiger partial charge in [0.25, 0.3) is 0 Å². The molecular weight excluding hydrogens is 805 g/mol. The Labute approximate surface area is 386 Å². The molecule has 0 radical (unpaired) electrons. The first-order valence-electron chi connectivity index (χ1n) is 23.3. The van der Waals surface area contributed by atoms with Crippen molar-refractivity contribution in [3.8, 4) is 23.5 Å². The van der Waals surface area contributed by atoms with Gasteiger partial charge in [0.2, 0.25) is 0 Å². The largest absolute Gasteiger partial charge is 0.455 e. The molecule has 2 aromatic heterocycles. The zero-order valence-electron chi connectivity index (χ0n) is 37.5. The third-order valence-electron chi connectivity index (χ3n) is 13.8. The summed E-state index contributed by atoms with van der Waals surface area (Å²) in [4.78, 5) is 10.7. The molecule has 0 spiro atoms. The van der Waals surface area contributed by atoms with E-state index in [-0.39, 0.29) is 0 Å². The van der Waals surface area contributed by atoms with Crippen LogP contribution in [0, 0.1) is 12.3 Å². The van der Waals surface area contributed by atoms with E-state index in [0.717, 1.165) is 101 Å². The second kappa shape index (κ2) is 17.3. The van der Waals surface area contributed by atoms with Crippen molar-refractivity contribution in [1.29, 1.82) is 0 Å². The number of terminal acetylenes is 1. The van der Waals surface area contributed by atoms with Crippen molar-refractivity contribution in [2.45, 2.75) is 64.7 Å². The monoisotopic (exact) mass is 854 g/mol. The molecule has 11 rings (SSSR count). The van der Waals surface area contributed by atoms with Crippen LogP contribution in [0.4, 0.5) is 0 Å². The zero-order chi connectivity index (χ0) is 44.7. The highest BCUT2D eigenvalue weighted by atomic mass is 16.3. The van der Waals surface area contributed by atoms with E-state index in [4.69, 9.17) is 25.2 Å². The molecule has 0 saturated heterocycles. The number of hydrogen-bond donors (Lipinski definition) is 0. The van der Waals surface area contributed by atoms with Crippen LogP contribution in [-0.4, -0.2) is 11.5 Å². The van der Waals surface area contributed by atoms with Gasteiger partial charge in [0.05, 0.1) is 11.3 Å². The van der Waals surface area contributed by atoms with Crippen LogP contribution in [0.3, 0.4) is 0 Å². The van der Waals surface area contributed by atoms with Gasteiger partial charge in [-0.15, -0.1) is 6.42 Å². The first-order chi connectivity index (χ1) is 32.4. The molecule has 4 nitrogen and oxygen atoms in total. The van der Waals surface area contributed by atoms with E-state index in [1.807, 2.05) is 36.4 Å². The fourth-order valence-corrected chi connectivity index (χ4v) is 10.3. The number of nitrogens with zero attached hydrogens (tertiary/aromatic N) is 2. The summed E-state index contributed by atoms with van der Waals surface area (Å²) in [5.74, 6) is 4.81. The fourth-order valence-electron chi connectivity index (χ4n) is 10.3. The average Bonchev–Trinajstić information content (AvgIpc) is 3.92. The first kappa shape index (κ1) is 41.0. The third-order valence-corrected chi connectivity index (χ3v) is 13.8. The predicted octanol–water partition coefficient (Wildman–Crippen LogP) is 16.5. The van der Waals surface area contributed by atoms with Gasteiger partial charge in [-0.05, 0) is 132 Å². The van der Waals surface area contributed by atoms with Gasteiger partial charge in [-0.2, -0.15) is 0 Å². The molecule has 7 aromatic carbocycles. The highest BCUT2D eigenvalue weighted by Gasteiger charge is 2.21. The molecule has 0 aliphatic heterocycles. The lowest BCUT2D eigenvalue weighted by molar-refractivity contribution is 0.443. The fraction of sp³-hybridized carbons (Fsp3) is 0.161. The lowest BCUT2D eigenvalue weighted by Crippen LogP contribution is -2.07. The van der Waals surface area contributed by atoms with Gasteiger partial charge in [0.1, 0.15) is 22.5 Å². The Morgan fingerprint density at radius 1 is 0.682 bits per heavy atom. The van der Waals surface area contributed by atoms with Gasteiger partial charge >= 0.3 is 0 Å². The number of benzene rings is 7. The quantitative estimate of drug-likeness (QED) is 0.0868. The molecule has 2 aliphatic carbocycles. The Morgan fingerprint density at radius 3 is 2.21 bits per heavy atom. The molecule has 0 bridgehead atoms. The minimum absolute atomic E-state index is 0.600. The molecule has 0 atom stereocenters. The molecule has 1 saturated carbocycles. The van der Waals surface area contributed by atoms with Crippen molar-refractivity contribution in [2.75, 3.05) is 0 Å². The molecule has 66 heavy (non-hydrogen) atoms. The van der Waals surface area contributed by atoms with E-state index in [0.29, 0.717) is 23.2 Å². The van der Waals surface area contributed by atoms with E-state index in [1.165, 1.54) is 54.2 Å². The van der Waals surface area contributed by atoms with E-state index < -0.39 is 0 Å². The molecule has 2 aliphatic rings. The molecule has 0 amide bonds. The number of amidine groups is 1. The maximum absolute atomic E-state index is 6.64. The van der Waals surface area contributed by atoms with Crippen LogP contribution in [0.5, 0.6) is 0 Å². The smallest absolute Gasteiger partial charge is 0.160 e. The normalized spacial score (nSPS) is 15.0. The number of furan rings is 2. The summed E-state index contributed by atoms with van der Waals surface area (Å²) in [6.45, 7) is 8.85. The summed E-state index contributed by atoms with van der Waals surface area (Å²) in [7, 11) is 0. The third kappa shape index (κ3) is 7.61. The Bertz CT molecular complexity index is 3550. The summed E-state index contributed by atoms with van der Waals surface area (Å²) in [5, 5.41) is 5.50. The zero-order valence-corrected chi connectivity index (χ0v) is 37.5. The molecule has 4 heteroatoms. The molecule has 2 heterocycles. The number of hydrogen-bond acceptors (Lipinski definition) is 3. The highest BCUT2D eigenvalue weighted by Crippen LogP contribution is 2.42. The summed E-state index contributed by atoms with van der Waals surface area (Å²) >= 11 is 0. The average molecular weight is 855 g/mol. The van der Waals surface area contributed by atoms with Crippen molar-refractivity contribution >= 4 is 73.1 Å². The summed E-state index contributed by atoms with van der Waals surface area (Å²) in [6, 6.07) is 51.2. The van der Waals surface area contributed by atoms with Gasteiger partial charge in [0.15, 0.2) is 5.84 Å². The van der Waals surface area contributed by atoms with Crippen LogP contribution in [-0.2, 0) is 6.42 Å². The minimum atomic E-state index is 0.600. The molecule has 0 unspecified atom stereocenters. The number of aliphatic imine (C=N–C) groups is 2. The van der Waals surface area contributed by atoms with E-state index >= 15 is 0 Å². The second-order valence-corrected chi connectivity index (χ2v) is 17.9. The first-order valence-corrected chi connectivity index (χ1v) is 23.3. The van der Waals surface area contributed by atoms with Crippen LogP contribution >= 0.6 is 0 Å². The predicted molar refractivity (Wildman–Crippen MR) is 277 cm³/mol. The van der Waals surface area contributed by atoms with Crippen molar-refractivity contribution in [1.82, 2.24) is 0 Å². The summed E-state index contributed by atoms with van der Waals surface area (Å²) in [5.41, 5.74) is 16.1. The van der Waals surface area contributed by atoms with Crippen molar-refractivity contribution in [3.05, 3.63) is 208 Å². The Hall–Kier alpha value is -7.74. The van der Waals surface area contributed by atoms with Crippen LogP contribution in [0.2, 0.25) is 0 Å². The van der Waals surface area contributed by atoms with Gasteiger partial charge in [-0.1, -0.05) is 153 Å². The minimum Gasteiger partial charge on any atom is -0.455 e. The Morgan fingerprint density at radius 2 is 1.41 bits per heavy atom. The van der Waals surface area contributed by atoms with E-state index in [1.54, 1.807) is 0 Å². The lowest BCUT2D eigenvalue weighted by Gasteiger charge is -2.22. The summed E-state index contributed by atoms with van der Waals surface area (Å²) in [6.07, 6.45) is 18.6. The van der Waals surface area contributed by atoms with Crippen LogP contribution in [0.15, 0.2) is 182 Å². The number of para-hydroxylation sites is 2. The Kier molecular flexibility index (Phi) is 10.8. The van der Waals surface area contributed by atoms with Crippen LogP contribution in [0.1, 0.15) is 103 Å². The van der Waals surface area contributed by atoms with Crippen LogP contribution < -0.4 is 0 Å². The molecule has 1 fully saturated rings. The van der Waals surface area contributed by atoms with Crippen molar-refractivity contribution in [3.63, 3.8) is 0 Å². The van der Waals surface area contributed by atoms with Gasteiger partial charge < -0.3 is 8.83 Å². The maximum Gasteiger partial charge on any atom is 0.160 e. The second-order valence-electron chi connectivity index (χ2n) is 17.9. The number of fused-ring (bicyclic) bond motifs is 6. The van der Waals surface area contributed by atoms with E-state index in [9.17, 15) is 0 Å². The molecule has 9 aromatic rings. The maximum atomic E-state index is 6.64. The van der Waals surface area contributed by atoms with Gasteiger partial charge in [0, 0.05) is 38.6 Å². The van der Waals surface area contributed by atoms with Gasteiger partial charge in [-0.25, -0.2) is 9.98 Å². The standard InChI is InChI=1S/C62H50N2O2/c1-5-50-53-24-11-13-27-57(53)65-59(50)35-39(2)46-34-31-44-20-16-26-51(55(44)37-46)41(4)64-62(45-32-29-43(30-33-45)42-17-7-6-8-18-42)63-40(3)47-21-15-22-49(36-47)60-52-23-10-9-19-48(52)38-56-54-25-12-14-28-58(54)66-61(56)60/h1,9-16,19-30,32-33,35-38,42H,4,6-8,17-18,31,34H2,2-3H3/b39-35+,63-40?,64-62?. The summed E-state index contributed by atoms with van der Waals surface area (Å²) < 4.78 is 12.9. The Balaban J connectivity index is 0.989. The molecule has 320 valence electrons. The highest BCUT2D eigenvalue weighted by molar-refractivity contribution is 6.19. The van der Waals surface area contributed by atoms with Crippen molar-refractivity contribution in [2.24, 2.45) is 9.98 Å². The SMILES string of the molecule is C#Cc1c(/C=C(\C)C2=Cc3c(cccc3C(=C)N=C(N=C(C)c3cccc(-c4c5ccccc5cc5c4oc4ccccc45)c3)c3ccc(C4CCCCC4)cc3)CC2)oc2ccccc12. The van der Waals surface area contributed by atoms with Crippen molar-refractivity contribution < 1.29 is 8.83 Å². The molecular formula is C62H50N2O2.